The van der Waals surface area contributed by atoms with Crippen molar-refractivity contribution in [1.82, 2.24) is 9.80 Å². The maximum atomic E-state index is 13.6. The van der Waals surface area contributed by atoms with Crippen molar-refractivity contribution in [3.05, 3.63) is 93.7 Å². The first-order chi connectivity index (χ1) is 15.0. The Labute approximate surface area is 183 Å². The summed E-state index contributed by atoms with van der Waals surface area (Å²) in [6.07, 6.45) is 1.66. The van der Waals surface area contributed by atoms with Crippen LogP contribution in [0.3, 0.4) is 0 Å². The largest absolute Gasteiger partial charge is 0.332 e. The predicted octanol–water partition coefficient (Wildman–Crippen LogP) is 4.86. The topological polar surface area (TPSA) is 40.6 Å². The maximum absolute atomic E-state index is 13.6. The molecule has 1 saturated carbocycles. The minimum absolute atomic E-state index is 0.00544. The van der Waals surface area contributed by atoms with Crippen molar-refractivity contribution in [2.75, 3.05) is 6.54 Å². The molecule has 160 valence electrons. The lowest BCUT2D eigenvalue weighted by Gasteiger charge is -2.28. The Hall–Kier alpha value is -3.06. The molecule has 31 heavy (non-hydrogen) atoms. The molecule has 1 aliphatic carbocycles. The Morgan fingerprint density at radius 3 is 2.35 bits per heavy atom. The van der Waals surface area contributed by atoms with Crippen LogP contribution in [-0.4, -0.2) is 34.2 Å². The monoisotopic (exact) mass is 440 g/mol. The van der Waals surface area contributed by atoms with E-state index >= 15 is 0 Å². The Morgan fingerprint density at radius 1 is 0.935 bits per heavy atom. The van der Waals surface area contributed by atoms with Crippen molar-refractivity contribution < 1.29 is 18.4 Å². The molecule has 2 aromatic carbocycles. The van der Waals surface area contributed by atoms with E-state index in [4.69, 9.17) is 0 Å². The molecule has 1 aromatic heterocycles. The average molecular weight is 441 g/mol. The van der Waals surface area contributed by atoms with Crippen LogP contribution in [0.5, 0.6) is 0 Å². The van der Waals surface area contributed by atoms with Gasteiger partial charge in [0, 0.05) is 23.0 Å². The number of amides is 2. The van der Waals surface area contributed by atoms with Crippen LogP contribution < -0.4 is 0 Å². The number of halogens is 2. The summed E-state index contributed by atoms with van der Waals surface area (Å²) in [5.41, 5.74) is 1.05. The van der Waals surface area contributed by atoms with Crippen molar-refractivity contribution in [2.24, 2.45) is 0 Å². The molecule has 0 radical (unpaired) electrons. The van der Waals surface area contributed by atoms with E-state index in [1.165, 1.54) is 30.3 Å². The zero-order chi connectivity index (χ0) is 21.8. The summed E-state index contributed by atoms with van der Waals surface area (Å²) in [6, 6.07) is 15.5. The summed E-state index contributed by atoms with van der Waals surface area (Å²) in [7, 11) is 0. The van der Waals surface area contributed by atoms with Crippen LogP contribution in [0.1, 0.15) is 33.6 Å². The molecule has 2 amide bonds. The zero-order valence-electron chi connectivity index (χ0n) is 16.8. The third-order valence-electron chi connectivity index (χ3n) is 5.19. The van der Waals surface area contributed by atoms with Gasteiger partial charge in [-0.15, -0.1) is 11.3 Å². The molecular weight excluding hydrogens is 418 g/mol. The van der Waals surface area contributed by atoms with Gasteiger partial charge in [0.15, 0.2) is 0 Å². The number of hydrogen-bond donors (Lipinski definition) is 0. The molecule has 4 nitrogen and oxygen atoms in total. The first kappa shape index (κ1) is 21.2. The van der Waals surface area contributed by atoms with Crippen molar-refractivity contribution in [2.45, 2.75) is 32.0 Å². The van der Waals surface area contributed by atoms with Crippen LogP contribution in [-0.2, 0) is 17.9 Å². The standard InChI is InChI=1S/C24H22F2N2O2S/c25-19-8-6-17(7-9-19)14-27(15-22-5-2-12-31-22)23(29)16-28(21-10-11-21)24(30)18-3-1-4-20(26)13-18/h1-9,12-13,21H,10-11,14-16H2. The first-order valence-electron chi connectivity index (χ1n) is 10.1. The Morgan fingerprint density at radius 2 is 1.71 bits per heavy atom. The maximum Gasteiger partial charge on any atom is 0.254 e. The number of rotatable bonds is 8. The van der Waals surface area contributed by atoms with Crippen molar-refractivity contribution in [3.63, 3.8) is 0 Å². The van der Waals surface area contributed by atoms with E-state index < -0.39 is 5.82 Å². The third-order valence-corrected chi connectivity index (χ3v) is 6.05. The van der Waals surface area contributed by atoms with E-state index in [0.717, 1.165) is 23.3 Å². The molecule has 0 bridgehead atoms. The SMILES string of the molecule is O=C(CN(C(=O)c1cccc(F)c1)C1CC1)N(Cc1ccc(F)cc1)Cc1cccs1. The van der Waals surface area contributed by atoms with Gasteiger partial charge < -0.3 is 9.80 Å². The highest BCUT2D eigenvalue weighted by Gasteiger charge is 2.35. The highest BCUT2D eigenvalue weighted by molar-refractivity contribution is 7.09. The lowest BCUT2D eigenvalue weighted by atomic mass is 10.1. The number of nitrogens with zero attached hydrogens (tertiary/aromatic N) is 2. The quantitative estimate of drug-likeness (QED) is 0.502. The van der Waals surface area contributed by atoms with Crippen molar-refractivity contribution in [1.29, 1.82) is 0 Å². The van der Waals surface area contributed by atoms with E-state index in [-0.39, 0.29) is 35.8 Å². The summed E-state index contributed by atoms with van der Waals surface area (Å²) in [5, 5.41) is 1.94. The number of carbonyl (C=O) groups excluding carboxylic acids is 2. The molecular formula is C24H22F2N2O2S. The van der Waals surface area contributed by atoms with Crippen molar-refractivity contribution in [3.8, 4) is 0 Å². The second-order valence-corrected chi connectivity index (χ2v) is 8.66. The van der Waals surface area contributed by atoms with Crippen LogP contribution in [0.15, 0.2) is 66.0 Å². The summed E-state index contributed by atoms with van der Waals surface area (Å²) >= 11 is 1.55. The lowest BCUT2D eigenvalue weighted by Crippen LogP contribution is -2.43. The van der Waals surface area contributed by atoms with E-state index in [2.05, 4.69) is 0 Å². The molecule has 0 N–H and O–H groups in total. The van der Waals surface area contributed by atoms with Crippen LogP contribution in [0.2, 0.25) is 0 Å². The summed E-state index contributed by atoms with van der Waals surface area (Å²) < 4.78 is 26.9. The van der Waals surface area contributed by atoms with E-state index in [9.17, 15) is 18.4 Å². The number of thiophene rings is 1. The van der Waals surface area contributed by atoms with Crippen LogP contribution in [0.25, 0.3) is 0 Å². The average Bonchev–Trinajstić information content (AvgIpc) is 3.48. The van der Waals surface area contributed by atoms with Gasteiger partial charge in [-0.25, -0.2) is 8.78 Å². The molecule has 1 aliphatic rings. The smallest absolute Gasteiger partial charge is 0.254 e. The Kier molecular flexibility index (Phi) is 6.42. The fourth-order valence-electron chi connectivity index (χ4n) is 3.42. The zero-order valence-corrected chi connectivity index (χ0v) is 17.7. The molecule has 1 heterocycles. The lowest BCUT2D eigenvalue weighted by molar-refractivity contribution is -0.133. The molecule has 7 heteroatoms. The third kappa shape index (κ3) is 5.55. The summed E-state index contributed by atoms with van der Waals surface area (Å²) in [5.74, 6) is -1.35. The highest BCUT2D eigenvalue weighted by Crippen LogP contribution is 2.29. The van der Waals surface area contributed by atoms with Crippen molar-refractivity contribution >= 4 is 23.2 Å². The van der Waals surface area contributed by atoms with Gasteiger partial charge in [-0.2, -0.15) is 0 Å². The van der Waals surface area contributed by atoms with Gasteiger partial charge in [-0.1, -0.05) is 24.3 Å². The van der Waals surface area contributed by atoms with E-state index in [1.807, 2.05) is 17.5 Å². The number of carbonyl (C=O) groups is 2. The van der Waals surface area contributed by atoms with Gasteiger partial charge in [0.05, 0.1) is 6.54 Å². The molecule has 0 atom stereocenters. The first-order valence-corrected chi connectivity index (χ1v) is 11.0. The van der Waals surface area contributed by atoms with Gasteiger partial charge in [-0.3, -0.25) is 9.59 Å². The highest BCUT2D eigenvalue weighted by atomic mass is 32.1. The minimum atomic E-state index is -0.483. The molecule has 3 aromatic rings. The van der Waals surface area contributed by atoms with Crippen LogP contribution in [0.4, 0.5) is 8.78 Å². The second kappa shape index (κ2) is 9.39. The fraction of sp³-hybridized carbons (Fsp3) is 0.250. The number of benzene rings is 2. The Balaban J connectivity index is 1.53. The molecule has 0 aliphatic heterocycles. The molecule has 4 rings (SSSR count). The van der Waals surface area contributed by atoms with E-state index in [0.29, 0.717) is 13.1 Å². The molecule has 0 spiro atoms. The Bertz CT molecular complexity index is 1050. The molecule has 0 unspecified atom stereocenters. The van der Waals surface area contributed by atoms with Gasteiger partial charge >= 0.3 is 0 Å². The molecule has 1 fully saturated rings. The summed E-state index contributed by atoms with van der Waals surface area (Å²) in [4.78, 5) is 30.5. The fourth-order valence-corrected chi connectivity index (χ4v) is 4.14. The predicted molar refractivity (Wildman–Crippen MR) is 115 cm³/mol. The van der Waals surface area contributed by atoms with E-state index in [1.54, 1.807) is 39.3 Å². The molecule has 0 saturated heterocycles. The summed E-state index contributed by atoms with van der Waals surface area (Å²) in [6.45, 7) is 0.636. The number of hydrogen-bond acceptors (Lipinski definition) is 3. The second-order valence-electron chi connectivity index (χ2n) is 7.63. The van der Waals surface area contributed by atoms with Gasteiger partial charge in [0.1, 0.15) is 18.2 Å². The van der Waals surface area contributed by atoms with Gasteiger partial charge in [-0.05, 0) is 60.2 Å². The minimum Gasteiger partial charge on any atom is -0.332 e. The van der Waals surface area contributed by atoms with Crippen LogP contribution >= 0.6 is 11.3 Å². The normalized spacial score (nSPS) is 13.1. The van der Waals surface area contributed by atoms with Gasteiger partial charge in [0.2, 0.25) is 5.91 Å². The van der Waals surface area contributed by atoms with Gasteiger partial charge in [0.25, 0.3) is 5.91 Å². The van der Waals surface area contributed by atoms with Crippen LogP contribution in [0, 0.1) is 11.6 Å².